The highest BCUT2D eigenvalue weighted by molar-refractivity contribution is 5.29. The molecule has 3 heteroatoms. The molecule has 1 heterocycles. The summed E-state index contributed by atoms with van der Waals surface area (Å²) in [5.74, 6) is 1.50. The second-order valence-electron chi connectivity index (χ2n) is 3.55. The van der Waals surface area contributed by atoms with Crippen molar-refractivity contribution in [2.24, 2.45) is 0 Å². The summed E-state index contributed by atoms with van der Waals surface area (Å²) >= 11 is 0. The van der Waals surface area contributed by atoms with E-state index in [1.807, 2.05) is 6.07 Å². The molecule has 0 saturated heterocycles. The molecule has 0 bridgehead atoms. The lowest BCUT2D eigenvalue weighted by atomic mass is 10.2. The van der Waals surface area contributed by atoms with Gasteiger partial charge in [0.25, 0.3) is 0 Å². The SMILES string of the molecule is CCCCc1nc(N)cc(CCC)n1. The van der Waals surface area contributed by atoms with E-state index in [9.17, 15) is 0 Å². The standard InChI is InChI=1S/C11H19N3/c1-3-5-7-11-13-9(6-4-2)8-10(12)14-11/h8H,3-7H2,1-2H3,(H2,12,13,14). The molecule has 0 aliphatic carbocycles. The lowest BCUT2D eigenvalue weighted by Gasteiger charge is -2.04. The summed E-state index contributed by atoms with van der Waals surface area (Å²) in [7, 11) is 0. The van der Waals surface area contributed by atoms with Crippen molar-refractivity contribution in [1.82, 2.24) is 9.97 Å². The van der Waals surface area contributed by atoms with E-state index in [4.69, 9.17) is 5.73 Å². The van der Waals surface area contributed by atoms with Crippen LogP contribution in [0.4, 0.5) is 5.82 Å². The fourth-order valence-electron chi connectivity index (χ4n) is 1.41. The first kappa shape index (κ1) is 11.0. The van der Waals surface area contributed by atoms with Gasteiger partial charge < -0.3 is 5.73 Å². The highest BCUT2D eigenvalue weighted by atomic mass is 14.9. The molecule has 14 heavy (non-hydrogen) atoms. The van der Waals surface area contributed by atoms with Gasteiger partial charge in [0, 0.05) is 18.2 Å². The van der Waals surface area contributed by atoms with Gasteiger partial charge in [0.1, 0.15) is 11.6 Å². The molecule has 1 aromatic rings. The first-order valence-corrected chi connectivity index (χ1v) is 5.38. The predicted octanol–water partition coefficient (Wildman–Crippen LogP) is 2.35. The Morgan fingerprint density at radius 3 is 2.57 bits per heavy atom. The highest BCUT2D eigenvalue weighted by Gasteiger charge is 2.01. The maximum Gasteiger partial charge on any atom is 0.130 e. The van der Waals surface area contributed by atoms with Gasteiger partial charge in [0.05, 0.1) is 0 Å². The van der Waals surface area contributed by atoms with Gasteiger partial charge in [0.2, 0.25) is 0 Å². The molecular weight excluding hydrogens is 174 g/mol. The minimum absolute atomic E-state index is 0.606. The zero-order valence-corrected chi connectivity index (χ0v) is 9.08. The second kappa shape index (κ2) is 5.58. The molecule has 0 saturated carbocycles. The Hall–Kier alpha value is -1.12. The van der Waals surface area contributed by atoms with Crippen LogP contribution in [0.25, 0.3) is 0 Å². The minimum atomic E-state index is 0.606. The maximum atomic E-state index is 5.71. The Morgan fingerprint density at radius 1 is 1.14 bits per heavy atom. The van der Waals surface area contributed by atoms with Crippen molar-refractivity contribution < 1.29 is 0 Å². The average Bonchev–Trinajstić information content (AvgIpc) is 2.14. The van der Waals surface area contributed by atoms with Gasteiger partial charge in [-0.3, -0.25) is 0 Å². The number of aromatic nitrogens is 2. The number of nitrogens with zero attached hydrogens (tertiary/aromatic N) is 2. The smallest absolute Gasteiger partial charge is 0.130 e. The summed E-state index contributed by atoms with van der Waals surface area (Å²) in [5, 5.41) is 0. The topological polar surface area (TPSA) is 51.8 Å². The molecule has 2 N–H and O–H groups in total. The third-order valence-corrected chi connectivity index (χ3v) is 2.11. The first-order chi connectivity index (χ1) is 6.76. The molecule has 0 amide bonds. The summed E-state index contributed by atoms with van der Waals surface area (Å²) in [6, 6.07) is 1.87. The number of nitrogen functional groups attached to an aromatic ring is 1. The van der Waals surface area contributed by atoms with E-state index in [0.29, 0.717) is 5.82 Å². The maximum absolute atomic E-state index is 5.71. The molecule has 0 aliphatic heterocycles. The molecule has 78 valence electrons. The normalized spacial score (nSPS) is 10.4. The molecule has 0 aliphatic rings. The van der Waals surface area contributed by atoms with Crippen LogP contribution in [-0.2, 0) is 12.8 Å². The largest absolute Gasteiger partial charge is 0.384 e. The van der Waals surface area contributed by atoms with Crippen LogP contribution in [0.2, 0.25) is 0 Å². The lowest BCUT2D eigenvalue weighted by molar-refractivity contribution is 0.740. The number of unbranched alkanes of at least 4 members (excludes halogenated alkanes) is 1. The summed E-state index contributed by atoms with van der Waals surface area (Å²) in [4.78, 5) is 8.69. The van der Waals surface area contributed by atoms with Crippen LogP contribution in [0.1, 0.15) is 44.6 Å². The Balaban J connectivity index is 2.73. The zero-order valence-electron chi connectivity index (χ0n) is 9.08. The third-order valence-electron chi connectivity index (χ3n) is 2.11. The molecule has 3 nitrogen and oxygen atoms in total. The monoisotopic (exact) mass is 193 g/mol. The van der Waals surface area contributed by atoms with E-state index in [0.717, 1.165) is 37.2 Å². The predicted molar refractivity (Wildman–Crippen MR) is 59.1 cm³/mol. The molecule has 0 spiro atoms. The van der Waals surface area contributed by atoms with Gasteiger partial charge in [-0.25, -0.2) is 9.97 Å². The van der Waals surface area contributed by atoms with Gasteiger partial charge in [-0.15, -0.1) is 0 Å². The Labute approximate surface area is 85.8 Å². The molecule has 0 unspecified atom stereocenters. The summed E-state index contributed by atoms with van der Waals surface area (Å²) in [6.07, 6.45) is 5.34. The quantitative estimate of drug-likeness (QED) is 0.781. The zero-order chi connectivity index (χ0) is 10.4. The van der Waals surface area contributed by atoms with Crippen LogP contribution in [0.5, 0.6) is 0 Å². The molecular formula is C11H19N3. The van der Waals surface area contributed by atoms with E-state index in [2.05, 4.69) is 23.8 Å². The molecule has 0 fully saturated rings. The Bertz CT molecular complexity index is 284. The van der Waals surface area contributed by atoms with Crippen LogP contribution < -0.4 is 5.73 Å². The second-order valence-corrected chi connectivity index (χ2v) is 3.55. The van der Waals surface area contributed by atoms with Crippen molar-refractivity contribution in [3.05, 3.63) is 17.6 Å². The van der Waals surface area contributed by atoms with Crippen LogP contribution in [0, 0.1) is 0 Å². The van der Waals surface area contributed by atoms with Gasteiger partial charge >= 0.3 is 0 Å². The van der Waals surface area contributed by atoms with Crippen LogP contribution in [0.3, 0.4) is 0 Å². The summed E-state index contributed by atoms with van der Waals surface area (Å²) in [6.45, 7) is 4.31. The lowest BCUT2D eigenvalue weighted by Crippen LogP contribution is -2.03. The van der Waals surface area contributed by atoms with E-state index in [1.54, 1.807) is 0 Å². The number of hydrogen-bond acceptors (Lipinski definition) is 3. The fourth-order valence-corrected chi connectivity index (χ4v) is 1.41. The Kier molecular flexibility index (Phi) is 4.36. The molecule has 1 aromatic heterocycles. The van der Waals surface area contributed by atoms with E-state index in [-0.39, 0.29) is 0 Å². The molecule has 0 atom stereocenters. The van der Waals surface area contributed by atoms with Crippen LogP contribution in [-0.4, -0.2) is 9.97 Å². The van der Waals surface area contributed by atoms with Crippen molar-refractivity contribution >= 4 is 5.82 Å². The first-order valence-electron chi connectivity index (χ1n) is 5.38. The van der Waals surface area contributed by atoms with E-state index in [1.165, 1.54) is 6.42 Å². The van der Waals surface area contributed by atoms with E-state index < -0.39 is 0 Å². The molecule has 1 rings (SSSR count). The van der Waals surface area contributed by atoms with Crippen molar-refractivity contribution in [3.63, 3.8) is 0 Å². The number of hydrogen-bond donors (Lipinski definition) is 1. The van der Waals surface area contributed by atoms with Crippen molar-refractivity contribution in [1.29, 1.82) is 0 Å². The summed E-state index contributed by atoms with van der Waals surface area (Å²) < 4.78 is 0. The van der Waals surface area contributed by atoms with Gasteiger partial charge in [-0.1, -0.05) is 26.7 Å². The summed E-state index contributed by atoms with van der Waals surface area (Å²) in [5.41, 5.74) is 6.79. The van der Waals surface area contributed by atoms with Crippen molar-refractivity contribution in [3.8, 4) is 0 Å². The van der Waals surface area contributed by atoms with Crippen molar-refractivity contribution in [2.45, 2.75) is 46.0 Å². The fraction of sp³-hybridized carbons (Fsp3) is 0.636. The van der Waals surface area contributed by atoms with E-state index >= 15 is 0 Å². The van der Waals surface area contributed by atoms with Crippen LogP contribution >= 0.6 is 0 Å². The number of aryl methyl sites for hydroxylation is 2. The third kappa shape index (κ3) is 3.32. The van der Waals surface area contributed by atoms with Crippen LogP contribution in [0.15, 0.2) is 6.07 Å². The number of nitrogens with two attached hydrogens (primary N) is 1. The minimum Gasteiger partial charge on any atom is -0.384 e. The van der Waals surface area contributed by atoms with Gasteiger partial charge in [0.15, 0.2) is 0 Å². The molecule has 0 radical (unpaired) electrons. The van der Waals surface area contributed by atoms with Crippen molar-refractivity contribution in [2.75, 3.05) is 5.73 Å². The Morgan fingerprint density at radius 2 is 1.93 bits per heavy atom. The molecule has 0 aromatic carbocycles. The van der Waals surface area contributed by atoms with Gasteiger partial charge in [-0.2, -0.15) is 0 Å². The highest BCUT2D eigenvalue weighted by Crippen LogP contribution is 2.07. The number of rotatable bonds is 5. The van der Waals surface area contributed by atoms with Gasteiger partial charge in [-0.05, 0) is 12.8 Å². The number of anilines is 1. The average molecular weight is 193 g/mol.